The number of halogens is 1. The van der Waals surface area contributed by atoms with Gasteiger partial charge in [0.05, 0.1) is 17.0 Å². The molecule has 1 amide bonds. The first-order chi connectivity index (χ1) is 15.8. The number of hydrazone groups is 1. The monoisotopic (exact) mass is 481 g/mol. The fraction of sp³-hybridized carbons (Fsp3) is 0.280. The SMILES string of the molecule is CCn1c(SCC(=O)N/N=C\C(Cl)=C\c2ccccc2)nnc1-c1ccc(C(C)(C)C)cc1. The van der Waals surface area contributed by atoms with Gasteiger partial charge in [-0.2, -0.15) is 5.10 Å². The van der Waals surface area contributed by atoms with Crippen LogP contribution in [0.15, 0.2) is 69.9 Å². The van der Waals surface area contributed by atoms with E-state index in [9.17, 15) is 4.79 Å². The van der Waals surface area contributed by atoms with Gasteiger partial charge in [0.1, 0.15) is 0 Å². The third kappa shape index (κ3) is 7.04. The normalized spacial score (nSPS) is 12.3. The third-order valence-corrected chi connectivity index (χ3v) is 6.03. The molecule has 0 radical (unpaired) electrons. The Balaban J connectivity index is 1.58. The summed E-state index contributed by atoms with van der Waals surface area (Å²) in [5.74, 6) is 0.706. The van der Waals surface area contributed by atoms with Gasteiger partial charge in [-0.3, -0.25) is 4.79 Å². The Morgan fingerprint density at radius 2 is 1.82 bits per heavy atom. The molecule has 0 saturated heterocycles. The Bertz CT molecular complexity index is 1130. The van der Waals surface area contributed by atoms with E-state index in [-0.39, 0.29) is 17.1 Å². The van der Waals surface area contributed by atoms with Crippen LogP contribution in [0.25, 0.3) is 17.5 Å². The predicted molar refractivity (Wildman–Crippen MR) is 137 cm³/mol. The van der Waals surface area contributed by atoms with Gasteiger partial charge < -0.3 is 4.57 Å². The van der Waals surface area contributed by atoms with Gasteiger partial charge in [-0.1, -0.05) is 98.7 Å². The summed E-state index contributed by atoms with van der Waals surface area (Å²) in [4.78, 5) is 12.2. The molecule has 0 unspecified atom stereocenters. The molecule has 0 fully saturated rings. The Morgan fingerprint density at radius 1 is 1.12 bits per heavy atom. The van der Waals surface area contributed by atoms with Crippen LogP contribution in [0.2, 0.25) is 0 Å². The van der Waals surface area contributed by atoms with Gasteiger partial charge in [0.2, 0.25) is 0 Å². The maximum atomic E-state index is 12.2. The summed E-state index contributed by atoms with van der Waals surface area (Å²) in [5.41, 5.74) is 5.80. The molecule has 0 spiro atoms. The van der Waals surface area contributed by atoms with E-state index < -0.39 is 0 Å². The lowest BCUT2D eigenvalue weighted by Gasteiger charge is -2.19. The van der Waals surface area contributed by atoms with Crippen LogP contribution >= 0.6 is 23.4 Å². The molecule has 1 aromatic heterocycles. The molecule has 3 aromatic rings. The number of amides is 1. The molecule has 8 heteroatoms. The molecule has 6 nitrogen and oxygen atoms in total. The molecule has 2 aromatic carbocycles. The van der Waals surface area contributed by atoms with E-state index in [4.69, 9.17) is 11.6 Å². The summed E-state index contributed by atoms with van der Waals surface area (Å²) < 4.78 is 2.01. The van der Waals surface area contributed by atoms with Crippen LogP contribution in [0, 0.1) is 0 Å². The summed E-state index contributed by atoms with van der Waals surface area (Å²) in [6, 6.07) is 18.0. The van der Waals surface area contributed by atoms with Gasteiger partial charge >= 0.3 is 0 Å². The first-order valence-corrected chi connectivity index (χ1v) is 12.1. The number of allylic oxidation sites excluding steroid dienone is 1. The molecule has 33 heavy (non-hydrogen) atoms. The maximum Gasteiger partial charge on any atom is 0.250 e. The number of thioether (sulfide) groups is 1. The van der Waals surface area contributed by atoms with Crippen LogP contribution in [-0.4, -0.2) is 32.6 Å². The number of hydrogen-bond acceptors (Lipinski definition) is 5. The summed E-state index contributed by atoms with van der Waals surface area (Å²) in [6.45, 7) is 9.30. The van der Waals surface area contributed by atoms with Crippen molar-refractivity contribution >= 4 is 41.6 Å². The van der Waals surface area contributed by atoms with E-state index >= 15 is 0 Å². The van der Waals surface area contributed by atoms with Crippen molar-refractivity contribution in [3.05, 3.63) is 70.8 Å². The first-order valence-electron chi connectivity index (χ1n) is 10.7. The summed E-state index contributed by atoms with van der Waals surface area (Å²) >= 11 is 7.46. The number of benzene rings is 2. The van der Waals surface area contributed by atoms with E-state index in [1.165, 1.54) is 23.5 Å². The average Bonchev–Trinajstić information content (AvgIpc) is 3.21. The molecule has 172 valence electrons. The highest BCUT2D eigenvalue weighted by atomic mass is 35.5. The van der Waals surface area contributed by atoms with Gasteiger partial charge in [-0.05, 0) is 29.5 Å². The van der Waals surface area contributed by atoms with Crippen molar-refractivity contribution in [2.45, 2.75) is 44.8 Å². The highest BCUT2D eigenvalue weighted by Crippen LogP contribution is 2.27. The highest BCUT2D eigenvalue weighted by molar-refractivity contribution is 7.99. The lowest BCUT2D eigenvalue weighted by Crippen LogP contribution is -2.19. The number of carbonyl (C=O) groups is 1. The molecule has 0 atom stereocenters. The summed E-state index contributed by atoms with van der Waals surface area (Å²) in [6.07, 6.45) is 3.18. The molecule has 0 saturated carbocycles. The topological polar surface area (TPSA) is 72.2 Å². The van der Waals surface area contributed by atoms with Gasteiger partial charge in [0.15, 0.2) is 11.0 Å². The van der Waals surface area contributed by atoms with Crippen LogP contribution in [0.5, 0.6) is 0 Å². The number of hydrogen-bond donors (Lipinski definition) is 1. The number of rotatable bonds is 8. The number of nitrogens with one attached hydrogen (secondary N) is 1. The van der Waals surface area contributed by atoms with E-state index in [1.54, 1.807) is 6.08 Å². The highest BCUT2D eigenvalue weighted by Gasteiger charge is 2.17. The second kappa shape index (κ2) is 11.3. The zero-order valence-electron chi connectivity index (χ0n) is 19.2. The van der Waals surface area contributed by atoms with E-state index in [2.05, 4.69) is 65.8 Å². The van der Waals surface area contributed by atoms with Gasteiger partial charge in [0.25, 0.3) is 5.91 Å². The maximum absolute atomic E-state index is 12.2. The first kappa shape index (κ1) is 24.7. The van der Waals surface area contributed by atoms with Crippen molar-refractivity contribution in [1.29, 1.82) is 0 Å². The van der Waals surface area contributed by atoms with E-state index in [0.29, 0.717) is 16.7 Å². The minimum atomic E-state index is -0.248. The largest absolute Gasteiger partial charge is 0.302 e. The second-order valence-electron chi connectivity index (χ2n) is 8.40. The smallest absolute Gasteiger partial charge is 0.250 e. The lowest BCUT2D eigenvalue weighted by atomic mass is 9.87. The van der Waals surface area contributed by atoms with E-state index in [0.717, 1.165) is 17.0 Å². The second-order valence-corrected chi connectivity index (χ2v) is 9.78. The van der Waals surface area contributed by atoms with Crippen molar-refractivity contribution in [2.24, 2.45) is 5.10 Å². The molecule has 0 aliphatic rings. The third-order valence-electron chi connectivity index (χ3n) is 4.86. The number of carbonyl (C=O) groups excluding carboxylic acids is 1. The molecule has 1 heterocycles. The zero-order valence-corrected chi connectivity index (χ0v) is 20.8. The lowest BCUT2D eigenvalue weighted by molar-refractivity contribution is -0.118. The number of aromatic nitrogens is 3. The summed E-state index contributed by atoms with van der Waals surface area (Å²) in [5, 5.41) is 13.7. The summed E-state index contributed by atoms with van der Waals surface area (Å²) in [7, 11) is 0. The van der Waals surface area contributed by atoms with Crippen molar-refractivity contribution in [2.75, 3.05) is 5.75 Å². The van der Waals surface area contributed by atoms with Crippen LogP contribution in [0.4, 0.5) is 0 Å². The Morgan fingerprint density at radius 3 is 2.45 bits per heavy atom. The molecule has 0 aliphatic carbocycles. The molecular formula is C25H28ClN5OS. The molecule has 0 bridgehead atoms. The van der Waals surface area contributed by atoms with Crippen LogP contribution in [0.3, 0.4) is 0 Å². The van der Waals surface area contributed by atoms with Crippen molar-refractivity contribution < 1.29 is 4.79 Å². The molecule has 3 rings (SSSR count). The Labute approximate surface area is 204 Å². The average molecular weight is 482 g/mol. The Kier molecular flexibility index (Phi) is 8.47. The quantitative estimate of drug-likeness (QED) is 0.253. The molecule has 0 aliphatic heterocycles. The molecular weight excluding hydrogens is 454 g/mol. The van der Waals surface area contributed by atoms with Gasteiger partial charge in [0, 0.05) is 12.1 Å². The van der Waals surface area contributed by atoms with E-state index in [1.807, 2.05) is 41.8 Å². The van der Waals surface area contributed by atoms with Crippen molar-refractivity contribution in [1.82, 2.24) is 20.2 Å². The van der Waals surface area contributed by atoms with Crippen molar-refractivity contribution in [3.8, 4) is 11.4 Å². The fourth-order valence-electron chi connectivity index (χ4n) is 3.09. The predicted octanol–water partition coefficient (Wildman–Crippen LogP) is 5.74. The van der Waals surface area contributed by atoms with Gasteiger partial charge in [-0.25, -0.2) is 5.43 Å². The minimum absolute atomic E-state index is 0.0926. The number of nitrogens with zero attached hydrogens (tertiary/aromatic N) is 4. The molecule has 1 N–H and O–H groups in total. The fourth-order valence-corrected chi connectivity index (χ4v) is 4.06. The van der Waals surface area contributed by atoms with Crippen molar-refractivity contribution in [3.63, 3.8) is 0 Å². The minimum Gasteiger partial charge on any atom is -0.302 e. The standard InChI is InChI=1S/C25H28ClN5OS/c1-5-31-23(19-11-13-20(14-12-19)25(2,3)4)29-30-24(31)33-17-22(32)28-27-16-21(26)15-18-9-7-6-8-10-18/h6-16H,5,17H2,1-4H3,(H,28,32)/b21-15-,27-16-. The van der Waals surface area contributed by atoms with Crippen LogP contribution in [0.1, 0.15) is 38.8 Å². The van der Waals surface area contributed by atoms with Crippen LogP contribution < -0.4 is 5.43 Å². The zero-order chi connectivity index (χ0) is 23.8. The van der Waals surface area contributed by atoms with Gasteiger partial charge in [-0.15, -0.1) is 10.2 Å². The van der Waals surface area contributed by atoms with Crippen LogP contribution in [-0.2, 0) is 16.8 Å². The Hall–Kier alpha value is -2.90.